The highest BCUT2D eigenvalue weighted by Crippen LogP contribution is 2.34. The van der Waals surface area contributed by atoms with Gasteiger partial charge in [-0.15, -0.1) is 4.40 Å². The van der Waals surface area contributed by atoms with Gasteiger partial charge >= 0.3 is 10.2 Å². The molecule has 1 aromatic carbocycles. The van der Waals surface area contributed by atoms with E-state index in [2.05, 4.69) is 35.4 Å². The fourth-order valence-corrected chi connectivity index (χ4v) is 3.98. The third-order valence-electron chi connectivity index (χ3n) is 4.16. The Hall–Kier alpha value is -2.86. The smallest absolute Gasteiger partial charge is 0.345 e. The van der Waals surface area contributed by atoms with Crippen molar-refractivity contribution in [2.75, 3.05) is 19.4 Å². The van der Waals surface area contributed by atoms with E-state index in [9.17, 15) is 18.3 Å². The molecule has 2 heterocycles. The summed E-state index contributed by atoms with van der Waals surface area (Å²) in [5.41, 5.74) is 0.118. The first-order valence-electron chi connectivity index (χ1n) is 8.76. The van der Waals surface area contributed by atoms with Gasteiger partial charge in [0.05, 0.1) is 11.3 Å². The number of furan rings is 1. The van der Waals surface area contributed by atoms with Gasteiger partial charge in [0.2, 0.25) is 0 Å². The molecule has 3 N–H and O–H groups in total. The lowest BCUT2D eigenvalue weighted by atomic mass is 10.1. The molecule has 30 heavy (non-hydrogen) atoms. The second kappa shape index (κ2) is 8.11. The molecule has 0 spiro atoms. The van der Waals surface area contributed by atoms with Crippen molar-refractivity contribution in [1.82, 2.24) is 9.62 Å². The number of phenols is 1. The van der Waals surface area contributed by atoms with Gasteiger partial charge in [-0.25, -0.2) is 4.72 Å². The number of hydrogen-bond donors (Lipinski definition) is 3. The Bertz CT molecular complexity index is 1170. The van der Waals surface area contributed by atoms with Gasteiger partial charge in [0.25, 0.3) is 5.91 Å². The molecule has 1 aliphatic rings. The Labute approximate surface area is 182 Å². The Kier molecular flexibility index (Phi) is 5.90. The molecule has 3 rings (SSSR count). The zero-order chi connectivity index (χ0) is 22.2. The van der Waals surface area contributed by atoms with Crippen molar-refractivity contribution in [3.63, 3.8) is 0 Å². The fraction of sp³-hybridized carbons (Fsp3) is 0.278. The summed E-state index contributed by atoms with van der Waals surface area (Å²) < 4.78 is 35.8. The molecule has 1 aromatic heterocycles. The molecule has 12 heteroatoms. The molecular formula is C18H20BrN5O5S. The van der Waals surface area contributed by atoms with Gasteiger partial charge in [-0.1, -0.05) is 0 Å². The van der Waals surface area contributed by atoms with Crippen molar-refractivity contribution in [1.29, 1.82) is 0 Å². The SMILES string of the molecule is Cc1ccc([C@@H](C)N=C2NS(=O)(=O)N=C2Nc2ccc(Br)c(C(=O)N(C)C)c2O)o1. The summed E-state index contributed by atoms with van der Waals surface area (Å²) in [6.07, 6.45) is 0. The number of hydrogen-bond acceptors (Lipinski definition) is 7. The number of carbonyl (C=O) groups is 1. The number of carbonyl (C=O) groups excluding carboxylic acids is 1. The Morgan fingerprint density at radius 2 is 2.03 bits per heavy atom. The van der Waals surface area contributed by atoms with Gasteiger partial charge in [0.1, 0.15) is 17.6 Å². The molecule has 1 amide bonds. The molecule has 0 saturated carbocycles. The lowest BCUT2D eigenvalue weighted by Gasteiger charge is -2.16. The number of rotatable bonds is 4. The summed E-state index contributed by atoms with van der Waals surface area (Å²) in [6, 6.07) is 6.07. The normalized spacial score (nSPS) is 17.4. The van der Waals surface area contributed by atoms with Crippen molar-refractivity contribution in [3.05, 3.63) is 45.8 Å². The van der Waals surface area contributed by atoms with Crippen LogP contribution in [0.15, 0.2) is 42.5 Å². The number of nitrogens with zero attached hydrogens (tertiary/aromatic N) is 3. The molecular weight excluding hydrogens is 478 g/mol. The Morgan fingerprint density at radius 3 is 2.63 bits per heavy atom. The highest BCUT2D eigenvalue weighted by molar-refractivity contribution is 9.10. The number of nitrogens with one attached hydrogen (secondary N) is 2. The number of amides is 1. The van der Waals surface area contributed by atoms with E-state index in [0.29, 0.717) is 16.0 Å². The van der Waals surface area contributed by atoms with Gasteiger partial charge in [-0.3, -0.25) is 9.79 Å². The lowest BCUT2D eigenvalue weighted by Crippen LogP contribution is -2.31. The van der Waals surface area contributed by atoms with Gasteiger partial charge in [-0.2, -0.15) is 8.42 Å². The van der Waals surface area contributed by atoms with Gasteiger partial charge in [0, 0.05) is 18.6 Å². The quantitative estimate of drug-likeness (QED) is 0.555. The minimum Gasteiger partial charge on any atom is -0.505 e. The molecule has 0 aliphatic carbocycles. The number of benzene rings is 1. The first-order chi connectivity index (χ1) is 14.0. The third kappa shape index (κ3) is 4.49. The minimum absolute atomic E-state index is 0.0253. The number of aryl methyl sites for hydroxylation is 1. The van der Waals surface area contributed by atoms with E-state index in [1.807, 2.05) is 0 Å². The minimum atomic E-state index is -4.00. The van der Waals surface area contributed by atoms with Crippen LogP contribution in [0.3, 0.4) is 0 Å². The van der Waals surface area contributed by atoms with Crippen LogP contribution in [0, 0.1) is 6.92 Å². The maximum atomic E-state index is 12.4. The average molecular weight is 498 g/mol. The molecule has 10 nitrogen and oxygen atoms in total. The van der Waals surface area contributed by atoms with Crippen molar-refractivity contribution < 1.29 is 22.7 Å². The predicted octanol–water partition coefficient (Wildman–Crippen LogP) is 2.58. The van der Waals surface area contributed by atoms with Crippen LogP contribution in [0.25, 0.3) is 0 Å². The number of amidine groups is 2. The molecule has 0 unspecified atom stereocenters. The summed E-state index contributed by atoms with van der Waals surface area (Å²) in [5, 5.41) is 13.4. The topological polar surface area (TPSA) is 137 Å². The van der Waals surface area contributed by atoms with Crippen LogP contribution in [0.1, 0.15) is 34.8 Å². The molecule has 1 atom stereocenters. The number of anilines is 1. The monoisotopic (exact) mass is 497 g/mol. The Balaban J connectivity index is 1.97. The third-order valence-corrected chi connectivity index (χ3v) is 5.69. The van der Waals surface area contributed by atoms with Crippen LogP contribution in [0.5, 0.6) is 5.75 Å². The summed E-state index contributed by atoms with van der Waals surface area (Å²) in [5.74, 6) is 0.303. The summed E-state index contributed by atoms with van der Waals surface area (Å²) in [6.45, 7) is 3.53. The van der Waals surface area contributed by atoms with E-state index >= 15 is 0 Å². The molecule has 1 aliphatic heterocycles. The Morgan fingerprint density at radius 1 is 1.33 bits per heavy atom. The van der Waals surface area contributed by atoms with Crippen LogP contribution in [-0.4, -0.2) is 50.1 Å². The molecule has 0 saturated heterocycles. The predicted molar refractivity (Wildman–Crippen MR) is 116 cm³/mol. The number of halogens is 1. The summed E-state index contributed by atoms with van der Waals surface area (Å²) in [7, 11) is -0.900. The highest BCUT2D eigenvalue weighted by Gasteiger charge is 2.29. The molecule has 0 radical (unpaired) electrons. The maximum absolute atomic E-state index is 12.4. The molecule has 160 valence electrons. The standard InChI is InChI=1S/C18H20BrN5O5S/c1-9-5-8-13(29-9)10(2)20-16-17(23-30(27,28)22-16)21-12-7-6-11(19)14(15(12)25)18(26)24(3)4/h5-8,10,25H,1-4H3,(H,20,22)(H,21,23)/t10-/m1/s1. The van der Waals surface area contributed by atoms with Crippen LogP contribution in [0.4, 0.5) is 5.69 Å². The highest BCUT2D eigenvalue weighted by atomic mass is 79.9. The number of phenolic OH excluding ortho intramolecular Hbond substituents is 1. The zero-order valence-corrected chi connectivity index (χ0v) is 19.0. The first-order valence-corrected chi connectivity index (χ1v) is 11.0. The molecule has 2 aromatic rings. The van der Waals surface area contributed by atoms with E-state index in [4.69, 9.17) is 4.42 Å². The van der Waals surface area contributed by atoms with Crippen LogP contribution in [-0.2, 0) is 10.2 Å². The van der Waals surface area contributed by atoms with Gasteiger partial charge in [-0.05, 0) is 54.0 Å². The average Bonchev–Trinajstić information content (AvgIpc) is 3.20. The fourth-order valence-electron chi connectivity index (χ4n) is 2.68. The molecule has 0 fully saturated rings. The van der Waals surface area contributed by atoms with Gasteiger partial charge in [0.15, 0.2) is 17.4 Å². The van der Waals surface area contributed by atoms with E-state index in [0.717, 1.165) is 0 Å². The second-order valence-corrected chi connectivity index (χ2v) is 8.95. The van der Waals surface area contributed by atoms with Crippen molar-refractivity contribution in [3.8, 4) is 5.75 Å². The van der Waals surface area contributed by atoms with Crippen LogP contribution < -0.4 is 10.0 Å². The largest absolute Gasteiger partial charge is 0.505 e. The van der Waals surface area contributed by atoms with Gasteiger partial charge < -0.3 is 19.7 Å². The van der Waals surface area contributed by atoms with E-state index in [1.54, 1.807) is 46.1 Å². The zero-order valence-electron chi connectivity index (χ0n) is 16.6. The van der Waals surface area contributed by atoms with Crippen molar-refractivity contribution >= 4 is 49.4 Å². The summed E-state index contributed by atoms with van der Waals surface area (Å²) in [4.78, 5) is 18.0. The van der Waals surface area contributed by atoms with Crippen molar-refractivity contribution in [2.24, 2.45) is 9.39 Å². The van der Waals surface area contributed by atoms with Crippen LogP contribution >= 0.6 is 15.9 Å². The van der Waals surface area contributed by atoms with Crippen molar-refractivity contribution in [2.45, 2.75) is 19.9 Å². The van der Waals surface area contributed by atoms with E-state index in [-0.39, 0.29) is 28.7 Å². The van der Waals surface area contributed by atoms with Crippen LogP contribution in [0.2, 0.25) is 0 Å². The van der Waals surface area contributed by atoms with E-state index < -0.39 is 22.2 Å². The second-order valence-electron chi connectivity index (χ2n) is 6.76. The molecule has 0 bridgehead atoms. The van der Waals surface area contributed by atoms with E-state index in [1.165, 1.54) is 11.0 Å². The lowest BCUT2D eigenvalue weighted by molar-refractivity contribution is 0.0824. The number of aliphatic imine (C=N–C) groups is 1. The summed E-state index contributed by atoms with van der Waals surface area (Å²) >= 11 is 3.25. The first kappa shape index (κ1) is 21.8. The number of aromatic hydroxyl groups is 1. The maximum Gasteiger partial charge on any atom is 0.345 e.